The SMILES string of the molecule is C=Cc1ccc(OC)c(OCC2CO2)c1. The van der Waals surface area contributed by atoms with Gasteiger partial charge in [-0.25, -0.2) is 0 Å². The van der Waals surface area contributed by atoms with Crippen LogP contribution in [-0.2, 0) is 4.74 Å². The van der Waals surface area contributed by atoms with Crippen LogP contribution in [0.4, 0.5) is 0 Å². The largest absolute Gasteiger partial charge is 0.493 e. The minimum absolute atomic E-state index is 0.252. The maximum absolute atomic E-state index is 5.60. The zero-order valence-corrected chi connectivity index (χ0v) is 8.73. The standard InChI is InChI=1S/C12H14O3/c1-3-9-4-5-11(13-2)12(6-9)15-8-10-7-14-10/h3-6,10H,1,7-8H2,2H3. The molecule has 3 nitrogen and oxygen atoms in total. The third-order valence-corrected chi connectivity index (χ3v) is 2.25. The van der Waals surface area contributed by atoms with Gasteiger partial charge in [-0.15, -0.1) is 0 Å². The van der Waals surface area contributed by atoms with E-state index in [9.17, 15) is 0 Å². The molecule has 1 heterocycles. The van der Waals surface area contributed by atoms with E-state index in [2.05, 4.69) is 6.58 Å². The number of methoxy groups -OCH3 is 1. The first-order valence-corrected chi connectivity index (χ1v) is 4.88. The molecule has 0 aliphatic carbocycles. The second-order valence-corrected chi connectivity index (χ2v) is 3.38. The molecule has 0 spiro atoms. The number of rotatable bonds is 5. The summed E-state index contributed by atoms with van der Waals surface area (Å²) < 4.78 is 15.9. The van der Waals surface area contributed by atoms with Crippen molar-refractivity contribution in [2.45, 2.75) is 6.10 Å². The third-order valence-electron chi connectivity index (χ3n) is 2.25. The topological polar surface area (TPSA) is 31.0 Å². The van der Waals surface area contributed by atoms with Crippen LogP contribution < -0.4 is 9.47 Å². The average molecular weight is 206 g/mol. The molecule has 0 bridgehead atoms. The Bertz CT molecular complexity index is 356. The first kappa shape index (κ1) is 10.1. The monoisotopic (exact) mass is 206 g/mol. The first-order valence-electron chi connectivity index (χ1n) is 4.88. The molecule has 1 aromatic rings. The predicted molar refractivity (Wildman–Crippen MR) is 58.3 cm³/mol. The summed E-state index contributed by atoms with van der Waals surface area (Å²) in [4.78, 5) is 0. The third kappa shape index (κ3) is 2.50. The summed E-state index contributed by atoms with van der Waals surface area (Å²) in [6.07, 6.45) is 2.03. The average Bonchev–Trinajstić information content (AvgIpc) is 3.09. The van der Waals surface area contributed by atoms with Gasteiger partial charge in [-0.1, -0.05) is 18.7 Å². The van der Waals surface area contributed by atoms with Gasteiger partial charge in [-0.05, 0) is 17.7 Å². The summed E-state index contributed by atoms with van der Waals surface area (Å²) in [5.74, 6) is 1.48. The highest BCUT2D eigenvalue weighted by molar-refractivity contribution is 5.54. The molecular formula is C12H14O3. The highest BCUT2D eigenvalue weighted by Crippen LogP contribution is 2.29. The Morgan fingerprint density at radius 2 is 2.33 bits per heavy atom. The molecule has 0 N–H and O–H groups in total. The van der Waals surface area contributed by atoms with Gasteiger partial charge in [0.1, 0.15) is 12.7 Å². The second-order valence-electron chi connectivity index (χ2n) is 3.38. The Kier molecular flexibility index (Phi) is 2.92. The Hall–Kier alpha value is -1.48. The van der Waals surface area contributed by atoms with Crippen molar-refractivity contribution in [3.05, 3.63) is 30.3 Å². The van der Waals surface area contributed by atoms with Crippen LogP contribution in [0.5, 0.6) is 11.5 Å². The van der Waals surface area contributed by atoms with Crippen LogP contribution in [-0.4, -0.2) is 26.4 Å². The Labute approximate surface area is 89.3 Å². The van der Waals surface area contributed by atoms with Gasteiger partial charge in [-0.2, -0.15) is 0 Å². The van der Waals surface area contributed by atoms with Crippen molar-refractivity contribution in [3.63, 3.8) is 0 Å². The summed E-state index contributed by atoms with van der Waals surface area (Å²) in [5, 5.41) is 0. The lowest BCUT2D eigenvalue weighted by Crippen LogP contribution is -2.05. The van der Waals surface area contributed by atoms with Crippen molar-refractivity contribution in [2.75, 3.05) is 20.3 Å². The zero-order valence-electron chi connectivity index (χ0n) is 8.73. The van der Waals surface area contributed by atoms with Gasteiger partial charge in [-0.3, -0.25) is 0 Å². The maximum Gasteiger partial charge on any atom is 0.161 e. The number of epoxide rings is 1. The van der Waals surface area contributed by atoms with Gasteiger partial charge in [0, 0.05) is 0 Å². The van der Waals surface area contributed by atoms with E-state index in [0.29, 0.717) is 6.61 Å². The molecule has 0 saturated carbocycles. The second kappa shape index (κ2) is 4.36. The fraction of sp³-hybridized carbons (Fsp3) is 0.333. The lowest BCUT2D eigenvalue weighted by atomic mass is 10.2. The van der Waals surface area contributed by atoms with Gasteiger partial charge in [0.15, 0.2) is 11.5 Å². The van der Waals surface area contributed by atoms with Crippen LogP contribution >= 0.6 is 0 Å². The van der Waals surface area contributed by atoms with Crippen molar-refractivity contribution >= 4 is 6.08 Å². The van der Waals surface area contributed by atoms with Crippen LogP contribution in [0.2, 0.25) is 0 Å². The number of hydrogen-bond acceptors (Lipinski definition) is 3. The van der Waals surface area contributed by atoms with Crippen LogP contribution in [0, 0.1) is 0 Å². The molecule has 1 atom stereocenters. The van der Waals surface area contributed by atoms with Crippen molar-refractivity contribution in [3.8, 4) is 11.5 Å². The van der Waals surface area contributed by atoms with E-state index in [1.54, 1.807) is 13.2 Å². The molecule has 0 amide bonds. The molecule has 80 valence electrons. The fourth-order valence-electron chi connectivity index (χ4n) is 1.28. The minimum Gasteiger partial charge on any atom is -0.493 e. The van der Waals surface area contributed by atoms with Crippen molar-refractivity contribution in [1.29, 1.82) is 0 Å². The molecule has 1 aliphatic heterocycles. The molecule has 1 unspecified atom stereocenters. The summed E-state index contributed by atoms with van der Waals surface area (Å²) in [6, 6.07) is 5.72. The maximum atomic E-state index is 5.60. The van der Waals surface area contributed by atoms with Crippen LogP contribution in [0.15, 0.2) is 24.8 Å². The molecule has 0 aromatic heterocycles. The predicted octanol–water partition coefficient (Wildman–Crippen LogP) is 2.12. The summed E-state index contributed by atoms with van der Waals surface area (Å²) in [6.45, 7) is 5.09. The van der Waals surface area contributed by atoms with Crippen LogP contribution in [0.25, 0.3) is 6.08 Å². The van der Waals surface area contributed by atoms with Crippen LogP contribution in [0.1, 0.15) is 5.56 Å². The normalized spacial score (nSPS) is 18.3. The van der Waals surface area contributed by atoms with Crippen molar-refractivity contribution in [2.24, 2.45) is 0 Å². The van der Waals surface area contributed by atoms with E-state index in [0.717, 1.165) is 23.7 Å². The summed E-state index contributed by atoms with van der Waals surface area (Å²) in [5.41, 5.74) is 1.02. The molecule has 1 fully saturated rings. The highest BCUT2D eigenvalue weighted by atomic mass is 16.6. The van der Waals surface area contributed by atoms with E-state index < -0.39 is 0 Å². The summed E-state index contributed by atoms with van der Waals surface area (Å²) >= 11 is 0. The molecule has 1 saturated heterocycles. The molecule has 1 aliphatic rings. The van der Waals surface area contributed by atoms with Gasteiger partial charge in [0.2, 0.25) is 0 Å². The zero-order chi connectivity index (χ0) is 10.7. The minimum atomic E-state index is 0.252. The quantitative estimate of drug-likeness (QED) is 0.691. The van der Waals surface area contributed by atoms with Crippen molar-refractivity contribution in [1.82, 2.24) is 0 Å². The van der Waals surface area contributed by atoms with E-state index in [-0.39, 0.29) is 6.10 Å². The number of hydrogen-bond donors (Lipinski definition) is 0. The number of ether oxygens (including phenoxy) is 3. The highest BCUT2D eigenvalue weighted by Gasteiger charge is 2.23. The Balaban J connectivity index is 2.12. The van der Waals surface area contributed by atoms with E-state index >= 15 is 0 Å². The lowest BCUT2D eigenvalue weighted by Gasteiger charge is -2.10. The lowest BCUT2D eigenvalue weighted by molar-refractivity contribution is 0.252. The molecule has 15 heavy (non-hydrogen) atoms. The van der Waals surface area contributed by atoms with Gasteiger partial charge < -0.3 is 14.2 Å². The molecule has 1 aromatic carbocycles. The first-order chi connectivity index (χ1) is 7.33. The molecule has 2 rings (SSSR count). The fourth-order valence-corrected chi connectivity index (χ4v) is 1.28. The van der Waals surface area contributed by atoms with E-state index in [1.807, 2.05) is 18.2 Å². The summed E-state index contributed by atoms with van der Waals surface area (Å²) in [7, 11) is 1.63. The van der Waals surface area contributed by atoms with Crippen molar-refractivity contribution < 1.29 is 14.2 Å². The van der Waals surface area contributed by atoms with Gasteiger partial charge in [0.05, 0.1) is 13.7 Å². The Morgan fingerprint density at radius 3 is 2.93 bits per heavy atom. The van der Waals surface area contributed by atoms with E-state index in [1.165, 1.54) is 0 Å². The Morgan fingerprint density at radius 1 is 1.53 bits per heavy atom. The van der Waals surface area contributed by atoms with Gasteiger partial charge >= 0.3 is 0 Å². The van der Waals surface area contributed by atoms with E-state index in [4.69, 9.17) is 14.2 Å². The smallest absolute Gasteiger partial charge is 0.161 e. The molecular weight excluding hydrogens is 192 g/mol. The van der Waals surface area contributed by atoms with Gasteiger partial charge in [0.25, 0.3) is 0 Å². The molecule has 0 radical (unpaired) electrons. The van der Waals surface area contributed by atoms with Crippen LogP contribution in [0.3, 0.4) is 0 Å². The number of benzene rings is 1. The molecule has 3 heteroatoms.